The highest BCUT2D eigenvalue weighted by Gasteiger charge is 2.44. The Hall–Kier alpha value is -2.53. The van der Waals surface area contributed by atoms with Crippen molar-refractivity contribution in [1.29, 1.82) is 0 Å². The van der Waals surface area contributed by atoms with Gasteiger partial charge in [0.1, 0.15) is 4.47 Å². The van der Waals surface area contributed by atoms with Crippen molar-refractivity contribution in [2.45, 2.75) is 45.1 Å². The van der Waals surface area contributed by atoms with Gasteiger partial charge in [0, 0.05) is 13.2 Å². The minimum Gasteiger partial charge on any atom is -0.466 e. The molecular formula is C20H16BrClF9N3O4. The van der Waals surface area contributed by atoms with Gasteiger partial charge < -0.3 is 9.47 Å². The van der Waals surface area contributed by atoms with Crippen molar-refractivity contribution in [1.82, 2.24) is 9.55 Å². The third-order valence-corrected chi connectivity index (χ3v) is 5.91. The molecule has 0 saturated heterocycles. The van der Waals surface area contributed by atoms with E-state index in [1.807, 2.05) is 0 Å². The lowest BCUT2D eigenvalue weighted by Gasteiger charge is -2.33. The number of esters is 1. The molecule has 1 heterocycles. The van der Waals surface area contributed by atoms with E-state index in [9.17, 15) is 49.1 Å². The molecule has 0 aliphatic carbocycles. The number of nitrogens with zero attached hydrogens (tertiary/aromatic N) is 3. The van der Waals surface area contributed by atoms with Crippen LogP contribution in [0.4, 0.5) is 51.1 Å². The number of rotatable bonds is 7. The highest BCUT2D eigenvalue weighted by molar-refractivity contribution is 9.10. The number of aromatic nitrogens is 2. The lowest BCUT2D eigenvalue weighted by atomic mass is 10.1. The quantitative estimate of drug-likeness (QED) is 0.196. The van der Waals surface area contributed by atoms with Crippen molar-refractivity contribution >= 4 is 45.1 Å². The first kappa shape index (κ1) is 31.7. The molecule has 2 aromatic rings. The van der Waals surface area contributed by atoms with Gasteiger partial charge in [-0.05, 0) is 41.9 Å². The zero-order valence-corrected chi connectivity index (χ0v) is 21.6. The summed E-state index contributed by atoms with van der Waals surface area (Å²) >= 11 is 8.33. The topological polar surface area (TPSA) is 73.7 Å². The smallest absolute Gasteiger partial charge is 0.434 e. The molecule has 0 aliphatic heterocycles. The maximum Gasteiger partial charge on any atom is 0.434 e. The summed E-state index contributed by atoms with van der Waals surface area (Å²) < 4.78 is 132. The summed E-state index contributed by atoms with van der Waals surface area (Å²) in [6.07, 6.45) is -18.6. The van der Waals surface area contributed by atoms with Gasteiger partial charge in [-0.15, -0.1) is 0 Å². The van der Waals surface area contributed by atoms with E-state index in [-0.39, 0.29) is 17.0 Å². The SMILES string of the molecule is CCOC(C(=O)OC)N(c1cc(C(F)(F)F)cc(C(F)(F)F)c1Cl)c1nc(C(F)(F)F)c(Br)c(=O)n1CC. The molecular weight excluding hydrogens is 633 g/mol. The second-order valence-electron chi connectivity index (χ2n) is 7.17. The van der Waals surface area contributed by atoms with Gasteiger partial charge in [-0.1, -0.05) is 11.6 Å². The predicted molar refractivity (Wildman–Crippen MR) is 118 cm³/mol. The largest absolute Gasteiger partial charge is 0.466 e. The molecule has 1 atom stereocenters. The molecule has 1 unspecified atom stereocenters. The Balaban J connectivity index is 3.22. The van der Waals surface area contributed by atoms with Crippen LogP contribution in [0.3, 0.4) is 0 Å². The molecule has 0 spiro atoms. The highest BCUT2D eigenvalue weighted by atomic mass is 79.9. The fraction of sp³-hybridized carbons (Fsp3) is 0.450. The monoisotopic (exact) mass is 647 g/mol. The van der Waals surface area contributed by atoms with Crippen LogP contribution in [-0.2, 0) is 39.3 Å². The van der Waals surface area contributed by atoms with E-state index in [4.69, 9.17) is 16.3 Å². The van der Waals surface area contributed by atoms with Crippen molar-refractivity contribution in [2.24, 2.45) is 0 Å². The van der Waals surface area contributed by atoms with Crippen LogP contribution in [0.5, 0.6) is 0 Å². The number of halogens is 11. The minimum absolute atomic E-state index is 0.0496. The molecule has 1 aromatic heterocycles. The van der Waals surface area contributed by atoms with Crippen LogP contribution in [0.25, 0.3) is 0 Å². The number of carbonyl (C=O) groups is 1. The van der Waals surface area contributed by atoms with Crippen LogP contribution in [0.2, 0.25) is 5.02 Å². The summed E-state index contributed by atoms with van der Waals surface area (Å²) in [6.45, 7) is 1.52. The number of ether oxygens (including phenoxy) is 2. The molecule has 0 fully saturated rings. The average molecular weight is 649 g/mol. The van der Waals surface area contributed by atoms with Crippen molar-refractivity contribution in [2.75, 3.05) is 18.6 Å². The van der Waals surface area contributed by atoms with Crippen LogP contribution in [0, 0.1) is 0 Å². The molecule has 2 rings (SSSR count). The molecule has 212 valence electrons. The van der Waals surface area contributed by atoms with Crippen LogP contribution >= 0.6 is 27.5 Å². The van der Waals surface area contributed by atoms with E-state index in [0.717, 1.165) is 7.11 Å². The number of carbonyl (C=O) groups excluding carboxylic acids is 1. The highest BCUT2D eigenvalue weighted by Crippen LogP contribution is 2.46. The summed E-state index contributed by atoms with van der Waals surface area (Å²) in [5.41, 5.74) is -8.55. The van der Waals surface area contributed by atoms with Crippen LogP contribution < -0.4 is 10.5 Å². The maximum atomic E-state index is 13.7. The van der Waals surface area contributed by atoms with Crippen LogP contribution in [0.1, 0.15) is 30.7 Å². The Morgan fingerprint density at radius 1 is 1.08 bits per heavy atom. The maximum absolute atomic E-state index is 13.7. The van der Waals surface area contributed by atoms with Crippen LogP contribution in [-0.4, -0.2) is 35.5 Å². The number of alkyl halides is 9. The first-order valence-electron chi connectivity index (χ1n) is 10.1. The standard InChI is InChI=1S/C20H16BrClF9N3O4/c1-4-33-14(35)11(21)13(20(29,30)31)32-17(33)34(15(38-5-2)16(36)37-3)10-7-8(18(23,24)25)6-9(12(10)22)19(26,27)28/h6-7,15H,4-5H2,1-3H3. The Bertz CT molecular complexity index is 1260. The summed E-state index contributed by atoms with van der Waals surface area (Å²) in [6, 6.07) is -0.269. The second-order valence-corrected chi connectivity index (χ2v) is 8.35. The number of anilines is 2. The summed E-state index contributed by atoms with van der Waals surface area (Å²) in [7, 11) is 0.768. The Kier molecular flexibility index (Phi) is 9.42. The summed E-state index contributed by atoms with van der Waals surface area (Å²) in [5.74, 6) is -2.67. The molecule has 0 N–H and O–H groups in total. The lowest BCUT2D eigenvalue weighted by molar-refractivity contribution is -0.153. The van der Waals surface area contributed by atoms with Gasteiger partial charge in [0.2, 0.25) is 12.2 Å². The van der Waals surface area contributed by atoms with Crippen molar-refractivity contribution < 1.29 is 53.8 Å². The molecule has 1 aromatic carbocycles. The first-order valence-corrected chi connectivity index (χ1v) is 11.3. The van der Waals surface area contributed by atoms with Gasteiger partial charge in [-0.25, -0.2) is 9.78 Å². The Morgan fingerprint density at radius 3 is 2.08 bits per heavy atom. The molecule has 0 aliphatic rings. The molecule has 0 saturated carbocycles. The van der Waals surface area contributed by atoms with Gasteiger partial charge in [-0.3, -0.25) is 14.3 Å². The third kappa shape index (κ3) is 6.36. The molecule has 7 nitrogen and oxygen atoms in total. The predicted octanol–water partition coefficient (Wildman–Crippen LogP) is 6.41. The molecule has 0 radical (unpaired) electrons. The average Bonchev–Trinajstić information content (AvgIpc) is 2.78. The van der Waals surface area contributed by atoms with E-state index in [0.29, 0.717) is 4.57 Å². The van der Waals surface area contributed by atoms with Gasteiger partial charge in [0.25, 0.3) is 5.56 Å². The summed E-state index contributed by atoms with van der Waals surface area (Å²) in [4.78, 5) is 28.8. The fourth-order valence-electron chi connectivity index (χ4n) is 3.18. The molecule has 0 bridgehead atoms. The third-order valence-electron chi connectivity index (χ3n) is 4.80. The minimum atomic E-state index is -5.49. The van der Waals surface area contributed by atoms with E-state index < -0.39 is 87.4 Å². The van der Waals surface area contributed by atoms with E-state index in [1.165, 1.54) is 13.8 Å². The second kappa shape index (κ2) is 11.3. The van der Waals surface area contributed by atoms with Gasteiger partial charge in [0.15, 0.2) is 5.69 Å². The van der Waals surface area contributed by atoms with Gasteiger partial charge in [-0.2, -0.15) is 39.5 Å². The summed E-state index contributed by atoms with van der Waals surface area (Å²) in [5, 5.41) is -1.45. The molecule has 38 heavy (non-hydrogen) atoms. The number of benzene rings is 1. The molecule has 18 heteroatoms. The van der Waals surface area contributed by atoms with Crippen molar-refractivity contribution in [3.05, 3.63) is 48.8 Å². The normalized spacial score (nSPS) is 13.4. The van der Waals surface area contributed by atoms with E-state index in [1.54, 1.807) is 0 Å². The van der Waals surface area contributed by atoms with Crippen molar-refractivity contribution in [3.8, 4) is 0 Å². The van der Waals surface area contributed by atoms with Crippen molar-refractivity contribution in [3.63, 3.8) is 0 Å². The van der Waals surface area contributed by atoms with Crippen LogP contribution in [0.15, 0.2) is 21.4 Å². The van der Waals surface area contributed by atoms with E-state index in [2.05, 4.69) is 25.7 Å². The zero-order valence-electron chi connectivity index (χ0n) is 19.3. The molecule has 0 amide bonds. The lowest BCUT2D eigenvalue weighted by Crippen LogP contribution is -2.45. The number of hydrogen-bond donors (Lipinski definition) is 0. The number of hydrogen-bond acceptors (Lipinski definition) is 6. The number of methoxy groups -OCH3 is 1. The first-order chi connectivity index (χ1) is 17.3. The van der Waals surface area contributed by atoms with E-state index >= 15 is 0 Å². The fourth-order valence-corrected chi connectivity index (χ4v) is 4.01. The van der Waals surface area contributed by atoms with Gasteiger partial charge >= 0.3 is 24.5 Å². The Labute approximate surface area is 221 Å². The zero-order chi connectivity index (χ0) is 29.4. The van der Waals surface area contributed by atoms with Gasteiger partial charge in [0.05, 0.1) is 28.9 Å². The Morgan fingerprint density at radius 2 is 1.66 bits per heavy atom.